The van der Waals surface area contributed by atoms with Crippen molar-refractivity contribution in [2.24, 2.45) is 0 Å². The van der Waals surface area contributed by atoms with Gasteiger partial charge in [-0.2, -0.15) is 0 Å². The Balaban J connectivity index is 2.41. The van der Waals surface area contributed by atoms with Gasteiger partial charge >= 0.3 is 0 Å². The molecule has 0 aromatic carbocycles. The highest BCUT2D eigenvalue weighted by Gasteiger charge is 2.44. The number of allylic oxidation sites excluding steroid dienone is 11. The molecule has 1 saturated heterocycles. The molecule has 0 saturated carbocycles. The number of ether oxygens (including phenoxy) is 2. The Morgan fingerprint density at radius 3 is 1.61 bits per heavy atom. The zero-order valence-electron chi connectivity index (χ0n) is 35.8. The number of hydrogen-bond acceptors (Lipinski definition) is 8. The van der Waals surface area contributed by atoms with Crippen LogP contribution in [-0.4, -0.2) is 87.5 Å². The van der Waals surface area contributed by atoms with Gasteiger partial charge < -0.3 is 40.3 Å². The Labute approximate surface area is 347 Å². The lowest BCUT2D eigenvalue weighted by Gasteiger charge is -2.40. The van der Waals surface area contributed by atoms with Crippen LogP contribution < -0.4 is 5.32 Å². The van der Waals surface area contributed by atoms with Crippen molar-refractivity contribution in [1.82, 2.24) is 5.32 Å². The zero-order chi connectivity index (χ0) is 41.6. The molecule has 328 valence electrons. The lowest BCUT2D eigenvalue weighted by atomic mass is 9.99. The summed E-state index contributed by atoms with van der Waals surface area (Å²) in [4.78, 5) is 12.9. The first-order valence-corrected chi connectivity index (χ1v) is 22.7. The van der Waals surface area contributed by atoms with E-state index in [2.05, 4.69) is 79.9 Å². The average Bonchev–Trinajstić information content (AvgIpc) is 3.21. The molecule has 9 heteroatoms. The van der Waals surface area contributed by atoms with E-state index in [1.54, 1.807) is 6.08 Å². The molecule has 7 atom stereocenters. The highest BCUT2D eigenvalue weighted by molar-refractivity contribution is 5.76. The Hall–Kier alpha value is -2.37. The lowest BCUT2D eigenvalue weighted by molar-refractivity contribution is -0.302. The third-order valence-corrected chi connectivity index (χ3v) is 10.2. The van der Waals surface area contributed by atoms with Crippen molar-refractivity contribution in [3.8, 4) is 0 Å². The van der Waals surface area contributed by atoms with E-state index in [1.807, 2.05) is 6.08 Å². The Morgan fingerprint density at radius 2 is 1.07 bits per heavy atom. The largest absolute Gasteiger partial charge is 0.394 e. The molecule has 2 unspecified atom stereocenters. The van der Waals surface area contributed by atoms with Gasteiger partial charge in [0.15, 0.2) is 6.29 Å². The van der Waals surface area contributed by atoms with E-state index in [4.69, 9.17) is 9.47 Å². The van der Waals surface area contributed by atoms with Crippen molar-refractivity contribution >= 4 is 5.91 Å². The molecule has 0 spiro atoms. The summed E-state index contributed by atoms with van der Waals surface area (Å²) in [5.74, 6) is -0.238. The van der Waals surface area contributed by atoms with Crippen LogP contribution in [0.4, 0.5) is 0 Å². The summed E-state index contributed by atoms with van der Waals surface area (Å²) in [6.07, 6.45) is 43.8. The minimum Gasteiger partial charge on any atom is -0.394 e. The van der Waals surface area contributed by atoms with E-state index in [0.29, 0.717) is 6.42 Å². The standard InChI is InChI=1S/C48H83NO8/c1-3-5-7-9-11-13-15-17-18-19-20-21-22-23-24-26-28-30-32-34-36-38-44(52)49-41(40-56-48-47(55)46(54)45(53)43(39-50)57-48)42(51)37-35-33-31-29-27-25-16-14-12-10-8-6-4-2/h8,10,18-19,21-22,24,26,30,32,35,37,41-43,45-48,50-51,53-55H,3-7,9,11-17,20,23,25,27-29,31,33-34,36,38-40H2,1-2H3,(H,49,52)/b10-8+,19-18+,22-21+,26-24+,32-30+,37-35+/t41-,42+,43-,45-,46?,47?,48-/m0/s1. The second-order valence-electron chi connectivity index (χ2n) is 15.5. The minimum absolute atomic E-state index is 0.217. The second kappa shape index (κ2) is 37.9. The summed E-state index contributed by atoms with van der Waals surface area (Å²) in [5.41, 5.74) is 0. The molecule has 6 N–H and O–H groups in total. The smallest absolute Gasteiger partial charge is 0.220 e. The molecule has 57 heavy (non-hydrogen) atoms. The van der Waals surface area contributed by atoms with Crippen LogP contribution in [0.1, 0.15) is 168 Å². The topological polar surface area (TPSA) is 149 Å². The molecular weight excluding hydrogens is 719 g/mol. The fourth-order valence-corrected chi connectivity index (χ4v) is 6.56. The molecule has 0 aromatic heterocycles. The molecule has 0 bridgehead atoms. The molecule has 0 aliphatic carbocycles. The van der Waals surface area contributed by atoms with Gasteiger partial charge in [-0.05, 0) is 77.0 Å². The summed E-state index contributed by atoms with van der Waals surface area (Å²) in [7, 11) is 0. The van der Waals surface area contributed by atoms with Crippen LogP contribution in [-0.2, 0) is 14.3 Å². The van der Waals surface area contributed by atoms with E-state index >= 15 is 0 Å². The Bertz CT molecular complexity index is 1120. The first-order chi connectivity index (χ1) is 27.8. The van der Waals surface area contributed by atoms with Crippen LogP contribution in [0.2, 0.25) is 0 Å². The van der Waals surface area contributed by atoms with Gasteiger partial charge in [-0.1, -0.05) is 157 Å². The molecule has 0 radical (unpaired) electrons. The number of amides is 1. The van der Waals surface area contributed by atoms with E-state index < -0.39 is 49.5 Å². The molecule has 0 aromatic rings. The number of aliphatic hydroxyl groups excluding tert-OH is 5. The summed E-state index contributed by atoms with van der Waals surface area (Å²) in [5, 5.41) is 54.1. The number of unbranched alkanes of at least 4 members (excludes halogenated alkanes) is 16. The lowest BCUT2D eigenvalue weighted by Crippen LogP contribution is -2.60. The maximum absolute atomic E-state index is 12.9. The van der Waals surface area contributed by atoms with E-state index in [-0.39, 0.29) is 18.9 Å². The van der Waals surface area contributed by atoms with E-state index in [0.717, 1.165) is 57.8 Å². The van der Waals surface area contributed by atoms with Gasteiger partial charge in [0.05, 0.1) is 25.4 Å². The predicted molar refractivity (Wildman–Crippen MR) is 235 cm³/mol. The van der Waals surface area contributed by atoms with Crippen LogP contribution in [0.25, 0.3) is 0 Å². The van der Waals surface area contributed by atoms with Gasteiger partial charge in [0, 0.05) is 6.42 Å². The first kappa shape index (κ1) is 52.6. The number of aliphatic hydroxyl groups is 5. The van der Waals surface area contributed by atoms with Gasteiger partial charge in [0.1, 0.15) is 24.4 Å². The number of rotatable bonds is 36. The minimum atomic E-state index is -1.58. The molecule has 9 nitrogen and oxygen atoms in total. The third-order valence-electron chi connectivity index (χ3n) is 10.2. The number of hydrogen-bond donors (Lipinski definition) is 6. The highest BCUT2D eigenvalue weighted by Crippen LogP contribution is 2.22. The maximum Gasteiger partial charge on any atom is 0.220 e. The quantitative estimate of drug-likeness (QED) is 0.0271. The van der Waals surface area contributed by atoms with Gasteiger partial charge in [0.2, 0.25) is 5.91 Å². The molecular formula is C48H83NO8. The Morgan fingerprint density at radius 1 is 0.596 bits per heavy atom. The van der Waals surface area contributed by atoms with Crippen LogP contribution in [0.3, 0.4) is 0 Å². The monoisotopic (exact) mass is 802 g/mol. The van der Waals surface area contributed by atoms with Gasteiger partial charge in [-0.3, -0.25) is 4.79 Å². The number of nitrogens with one attached hydrogen (secondary N) is 1. The number of carbonyl (C=O) groups is 1. The van der Waals surface area contributed by atoms with Crippen LogP contribution in [0.5, 0.6) is 0 Å². The fraction of sp³-hybridized carbons (Fsp3) is 0.729. The molecule has 1 heterocycles. The average molecular weight is 802 g/mol. The predicted octanol–water partition coefficient (Wildman–Crippen LogP) is 9.39. The van der Waals surface area contributed by atoms with Gasteiger partial charge in [-0.15, -0.1) is 0 Å². The molecule has 1 fully saturated rings. The summed E-state index contributed by atoms with van der Waals surface area (Å²) >= 11 is 0. The summed E-state index contributed by atoms with van der Waals surface area (Å²) in [6.45, 7) is 3.66. The molecule has 1 aliphatic heterocycles. The van der Waals surface area contributed by atoms with Crippen LogP contribution >= 0.6 is 0 Å². The van der Waals surface area contributed by atoms with Gasteiger partial charge in [0.25, 0.3) is 0 Å². The molecule has 1 aliphatic rings. The maximum atomic E-state index is 12.9. The summed E-state index contributed by atoms with van der Waals surface area (Å²) < 4.78 is 11.2. The Kier molecular flexibility index (Phi) is 35.0. The summed E-state index contributed by atoms with van der Waals surface area (Å²) in [6, 6.07) is -0.840. The molecule has 1 rings (SSSR count). The highest BCUT2D eigenvalue weighted by atomic mass is 16.7. The number of carbonyl (C=O) groups excluding carboxylic acids is 1. The van der Waals surface area contributed by atoms with Crippen LogP contribution in [0, 0.1) is 0 Å². The zero-order valence-corrected chi connectivity index (χ0v) is 35.8. The van der Waals surface area contributed by atoms with Crippen molar-refractivity contribution in [3.63, 3.8) is 0 Å². The van der Waals surface area contributed by atoms with Crippen molar-refractivity contribution in [2.75, 3.05) is 13.2 Å². The third kappa shape index (κ3) is 28.7. The fourth-order valence-electron chi connectivity index (χ4n) is 6.56. The van der Waals surface area contributed by atoms with Gasteiger partial charge in [-0.25, -0.2) is 0 Å². The van der Waals surface area contributed by atoms with Crippen molar-refractivity contribution in [3.05, 3.63) is 72.9 Å². The van der Waals surface area contributed by atoms with Crippen molar-refractivity contribution in [2.45, 2.75) is 211 Å². The van der Waals surface area contributed by atoms with E-state index in [1.165, 1.54) is 83.5 Å². The normalized spacial score (nSPS) is 21.7. The first-order valence-electron chi connectivity index (χ1n) is 22.7. The molecule has 1 amide bonds. The van der Waals surface area contributed by atoms with Crippen molar-refractivity contribution in [1.29, 1.82) is 0 Å². The van der Waals surface area contributed by atoms with Crippen LogP contribution in [0.15, 0.2) is 72.9 Å². The van der Waals surface area contributed by atoms with E-state index in [9.17, 15) is 30.3 Å². The van der Waals surface area contributed by atoms with Crippen molar-refractivity contribution < 1.29 is 39.8 Å². The second-order valence-corrected chi connectivity index (χ2v) is 15.5. The SMILES string of the molecule is CCC/C=C/CCCCCCCC/C=C/[C@@H](O)[C@H](CO[C@H]1O[C@@H](CO)[C@H](O)C(O)C1O)NC(=O)CCC/C=C/C/C=C/C/C=C/C/C=C/CCCCCCCCC.